The predicted molar refractivity (Wildman–Crippen MR) is 93.1 cm³/mol. The first-order valence-corrected chi connectivity index (χ1v) is 9.35. The van der Waals surface area contributed by atoms with E-state index in [0.717, 1.165) is 44.3 Å². The van der Waals surface area contributed by atoms with Crippen LogP contribution in [-0.2, 0) is 16.4 Å². The highest BCUT2D eigenvalue weighted by atomic mass is 35.5. The van der Waals surface area contributed by atoms with Crippen molar-refractivity contribution in [2.75, 3.05) is 19.6 Å². The van der Waals surface area contributed by atoms with Crippen LogP contribution in [0.2, 0.25) is 0 Å². The molecule has 0 atom stereocenters. The summed E-state index contributed by atoms with van der Waals surface area (Å²) in [5.41, 5.74) is 1.16. The smallest absolute Gasteiger partial charge is 0.243 e. The van der Waals surface area contributed by atoms with E-state index in [1.165, 1.54) is 0 Å². The molecule has 2 rings (SSSR count). The van der Waals surface area contributed by atoms with Crippen LogP contribution < -0.4 is 5.32 Å². The van der Waals surface area contributed by atoms with Crippen LogP contribution in [0.1, 0.15) is 38.7 Å². The molecule has 1 aromatic rings. The summed E-state index contributed by atoms with van der Waals surface area (Å²) in [5.74, 6) is 0. The van der Waals surface area contributed by atoms with E-state index in [1.807, 2.05) is 19.1 Å². The molecule has 1 aliphatic rings. The maximum absolute atomic E-state index is 12.9. The second-order valence-corrected chi connectivity index (χ2v) is 7.48. The van der Waals surface area contributed by atoms with Gasteiger partial charge in [0.15, 0.2) is 0 Å². The van der Waals surface area contributed by atoms with Gasteiger partial charge >= 0.3 is 0 Å². The van der Waals surface area contributed by atoms with Crippen LogP contribution in [0.25, 0.3) is 0 Å². The molecule has 1 saturated heterocycles. The van der Waals surface area contributed by atoms with Crippen LogP contribution in [0.3, 0.4) is 0 Å². The number of aryl methyl sites for hydroxylation is 1. The first-order valence-electron chi connectivity index (χ1n) is 7.91. The highest BCUT2D eigenvalue weighted by Crippen LogP contribution is 2.23. The maximum atomic E-state index is 12.9. The fraction of sp³-hybridized carbons (Fsp3) is 0.625. The average molecular weight is 347 g/mol. The molecule has 22 heavy (non-hydrogen) atoms. The third-order valence-corrected chi connectivity index (χ3v) is 6.06. The summed E-state index contributed by atoms with van der Waals surface area (Å²) in [6.07, 6.45) is 3.56. The van der Waals surface area contributed by atoms with Crippen molar-refractivity contribution in [3.8, 4) is 0 Å². The fourth-order valence-corrected chi connectivity index (χ4v) is 4.62. The molecule has 0 spiro atoms. The van der Waals surface area contributed by atoms with Gasteiger partial charge in [0.2, 0.25) is 10.0 Å². The Labute approximate surface area is 140 Å². The quantitative estimate of drug-likeness (QED) is 0.861. The van der Waals surface area contributed by atoms with E-state index in [1.54, 1.807) is 16.4 Å². The number of sulfonamides is 1. The van der Waals surface area contributed by atoms with Crippen molar-refractivity contribution in [2.45, 2.75) is 50.5 Å². The van der Waals surface area contributed by atoms with E-state index in [-0.39, 0.29) is 18.4 Å². The number of nitrogens with one attached hydrogen (secondary N) is 1. The summed E-state index contributed by atoms with van der Waals surface area (Å²) >= 11 is 0. The molecule has 1 N–H and O–H groups in total. The van der Waals surface area contributed by atoms with Crippen LogP contribution in [0.5, 0.6) is 0 Å². The van der Waals surface area contributed by atoms with Crippen molar-refractivity contribution in [1.82, 2.24) is 9.62 Å². The van der Waals surface area contributed by atoms with Crippen LogP contribution in [0.4, 0.5) is 0 Å². The highest BCUT2D eigenvalue weighted by Gasteiger charge is 2.31. The molecule has 1 heterocycles. The Hall–Kier alpha value is -0.620. The summed E-state index contributed by atoms with van der Waals surface area (Å²) in [7, 11) is -3.38. The summed E-state index contributed by atoms with van der Waals surface area (Å²) in [6, 6.07) is 7.45. The van der Waals surface area contributed by atoms with Crippen LogP contribution in [0.15, 0.2) is 29.2 Å². The Balaban J connectivity index is 0.00000242. The van der Waals surface area contributed by atoms with Crippen LogP contribution in [0, 0.1) is 0 Å². The van der Waals surface area contributed by atoms with E-state index in [2.05, 4.69) is 12.2 Å². The molecule has 0 radical (unpaired) electrons. The highest BCUT2D eigenvalue weighted by molar-refractivity contribution is 7.89. The number of halogens is 1. The Morgan fingerprint density at radius 1 is 1.14 bits per heavy atom. The van der Waals surface area contributed by atoms with Gasteiger partial charge in [-0.1, -0.05) is 26.0 Å². The molecule has 1 fully saturated rings. The third-order valence-electron chi connectivity index (χ3n) is 4.10. The van der Waals surface area contributed by atoms with Gasteiger partial charge in [-0.15, -0.1) is 12.4 Å². The summed E-state index contributed by atoms with van der Waals surface area (Å²) in [5, 5.41) is 3.30. The number of piperidine rings is 1. The molecule has 4 nitrogen and oxygen atoms in total. The molecular weight excluding hydrogens is 320 g/mol. The van der Waals surface area contributed by atoms with Gasteiger partial charge in [0.1, 0.15) is 0 Å². The van der Waals surface area contributed by atoms with E-state index in [4.69, 9.17) is 0 Å². The van der Waals surface area contributed by atoms with Crippen molar-refractivity contribution < 1.29 is 8.42 Å². The van der Waals surface area contributed by atoms with Gasteiger partial charge < -0.3 is 5.32 Å². The number of hydrogen-bond donors (Lipinski definition) is 1. The minimum atomic E-state index is -3.38. The number of nitrogens with zero attached hydrogens (tertiary/aromatic N) is 1. The van der Waals surface area contributed by atoms with E-state index >= 15 is 0 Å². The second-order valence-electron chi connectivity index (χ2n) is 5.59. The number of benzene rings is 1. The van der Waals surface area contributed by atoms with Crippen molar-refractivity contribution in [1.29, 1.82) is 0 Å². The summed E-state index contributed by atoms with van der Waals surface area (Å²) < 4.78 is 27.6. The molecule has 0 saturated carbocycles. The molecular formula is C16H27ClN2O2S. The minimum absolute atomic E-state index is 0. The maximum Gasteiger partial charge on any atom is 0.243 e. The lowest BCUT2D eigenvalue weighted by atomic mass is 10.1. The van der Waals surface area contributed by atoms with Crippen molar-refractivity contribution in [3.63, 3.8) is 0 Å². The fourth-order valence-electron chi connectivity index (χ4n) is 2.85. The first kappa shape index (κ1) is 19.4. The van der Waals surface area contributed by atoms with Crippen molar-refractivity contribution in [2.24, 2.45) is 0 Å². The lowest BCUT2D eigenvalue weighted by Crippen LogP contribution is -2.46. The largest absolute Gasteiger partial charge is 0.317 e. The van der Waals surface area contributed by atoms with E-state index in [9.17, 15) is 8.42 Å². The van der Waals surface area contributed by atoms with Gasteiger partial charge in [0.25, 0.3) is 0 Å². The van der Waals surface area contributed by atoms with Gasteiger partial charge in [0, 0.05) is 12.6 Å². The molecule has 126 valence electrons. The van der Waals surface area contributed by atoms with Crippen molar-refractivity contribution >= 4 is 22.4 Å². The monoisotopic (exact) mass is 346 g/mol. The van der Waals surface area contributed by atoms with Crippen molar-refractivity contribution in [3.05, 3.63) is 29.8 Å². The SMILES string of the molecule is CCCN(C1CCNCC1)S(=O)(=O)c1ccc(CC)cc1.Cl. The molecule has 0 aromatic heterocycles. The molecule has 0 bridgehead atoms. The zero-order valence-corrected chi connectivity index (χ0v) is 15.0. The minimum Gasteiger partial charge on any atom is -0.317 e. The second kappa shape index (κ2) is 8.87. The summed E-state index contributed by atoms with van der Waals surface area (Å²) in [6.45, 7) is 6.50. The predicted octanol–water partition coefficient (Wildman–Crippen LogP) is 2.82. The lowest BCUT2D eigenvalue weighted by Gasteiger charge is -2.33. The first-order chi connectivity index (χ1) is 10.1. The molecule has 1 aromatic carbocycles. The standard InChI is InChI=1S/C16H26N2O2S.ClH/c1-3-13-18(15-9-11-17-12-10-15)21(19,20)16-7-5-14(4-2)6-8-16;/h5-8,15,17H,3-4,9-13H2,1-2H3;1H. The van der Waals surface area contributed by atoms with Gasteiger partial charge in [-0.25, -0.2) is 8.42 Å². The molecule has 1 aliphatic heterocycles. The lowest BCUT2D eigenvalue weighted by molar-refractivity contribution is 0.262. The Morgan fingerprint density at radius 3 is 2.23 bits per heavy atom. The van der Waals surface area contributed by atoms with Gasteiger partial charge in [-0.3, -0.25) is 0 Å². The average Bonchev–Trinajstić information content (AvgIpc) is 2.53. The number of rotatable bonds is 6. The number of hydrogen-bond acceptors (Lipinski definition) is 3. The van der Waals surface area contributed by atoms with Gasteiger partial charge in [-0.05, 0) is 56.5 Å². The zero-order valence-electron chi connectivity index (χ0n) is 13.4. The van der Waals surface area contributed by atoms with E-state index < -0.39 is 10.0 Å². The third kappa shape index (κ3) is 4.44. The molecule has 0 aliphatic carbocycles. The topological polar surface area (TPSA) is 49.4 Å². The Bertz CT molecular complexity index is 540. The summed E-state index contributed by atoms with van der Waals surface area (Å²) in [4.78, 5) is 0.423. The normalized spacial score (nSPS) is 16.5. The Morgan fingerprint density at radius 2 is 1.73 bits per heavy atom. The van der Waals surface area contributed by atoms with Crippen LogP contribution in [-0.4, -0.2) is 38.4 Å². The van der Waals surface area contributed by atoms with Gasteiger partial charge in [-0.2, -0.15) is 4.31 Å². The Kier molecular flexibility index (Phi) is 7.83. The van der Waals surface area contributed by atoms with Gasteiger partial charge in [0.05, 0.1) is 4.90 Å². The van der Waals surface area contributed by atoms with Crippen LogP contribution >= 0.6 is 12.4 Å². The zero-order chi connectivity index (χ0) is 15.3. The van der Waals surface area contributed by atoms with E-state index in [0.29, 0.717) is 11.4 Å². The molecule has 0 amide bonds. The molecule has 0 unspecified atom stereocenters. The molecule has 6 heteroatoms.